The molecule has 1 heterocycles. The molecule has 0 spiro atoms. The highest BCUT2D eigenvalue weighted by molar-refractivity contribution is 7.89. The van der Waals surface area contributed by atoms with E-state index in [1.807, 2.05) is 20.8 Å². The van der Waals surface area contributed by atoms with Crippen LogP contribution in [-0.4, -0.2) is 57.0 Å². The fraction of sp³-hybridized carbons (Fsp3) is 0.526. The maximum atomic E-state index is 12.3. The number of Topliss-reactive ketones (excluding diaryl/α,β-unsaturated/α-hetero) is 1. The summed E-state index contributed by atoms with van der Waals surface area (Å²) in [7, 11) is -3.61. The average Bonchev–Trinajstić information content (AvgIpc) is 2.66. The van der Waals surface area contributed by atoms with Crippen LogP contribution in [0.2, 0.25) is 5.02 Å². The number of carbonyl (C=O) groups excluding carboxylic acids is 1. The van der Waals surface area contributed by atoms with Gasteiger partial charge in [0.2, 0.25) is 10.0 Å². The Balaban J connectivity index is 0.000000618. The van der Waals surface area contributed by atoms with E-state index in [0.717, 1.165) is 17.5 Å². The van der Waals surface area contributed by atoms with Gasteiger partial charge in [-0.25, -0.2) is 8.42 Å². The highest BCUT2D eigenvalue weighted by Crippen LogP contribution is 2.28. The van der Waals surface area contributed by atoms with Crippen molar-refractivity contribution in [2.75, 3.05) is 32.2 Å². The number of halogens is 2. The van der Waals surface area contributed by atoms with Crippen LogP contribution in [0.15, 0.2) is 36.3 Å². The molecule has 0 aliphatic carbocycles. The lowest BCUT2D eigenvalue weighted by molar-refractivity contribution is -0.123. The fourth-order valence-electron chi connectivity index (χ4n) is 2.37. The van der Waals surface area contributed by atoms with Crippen LogP contribution < -0.4 is 0 Å². The van der Waals surface area contributed by atoms with E-state index in [-0.39, 0.29) is 35.6 Å². The number of rotatable bonds is 7. The third kappa shape index (κ3) is 8.19. The number of sulfonamides is 1. The van der Waals surface area contributed by atoms with Crippen molar-refractivity contribution in [3.8, 4) is 0 Å². The summed E-state index contributed by atoms with van der Waals surface area (Å²) in [5.74, 6) is 0.116. The topological polar surface area (TPSA) is 72.9 Å². The van der Waals surface area contributed by atoms with Crippen molar-refractivity contribution in [3.63, 3.8) is 0 Å². The number of benzene rings is 1. The standard InChI is InChI=1S/C11H11Cl2NO3S.C6H14O2.C2H4/c12-4-1-5-14-7-10(15)9-6-8(13)2-3-11(9)18(14,16)17;1-4-7-6(3)8-5-2;1-2/h2-3,6H,1,4-5,7H2;6H,4-5H2,1-3H3;1-2H2. The molecule has 0 unspecified atom stereocenters. The first-order chi connectivity index (χ1) is 13.3. The van der Waals surface area contributed by atoms with Gasteiger partial charge in [0.1, 0.15) is 0 Å². The number of carbonyl (C=O) groups is 1. The molecule has 0 amide bonds. The van der Waals surface area contributed by atoms with Crippen LogP contribution >= 0.6 is 23.2 Å². The van der Waals surface area contributed by atoms with Gasteiger partial charge in [0, 0.05) is 36.2 Å². The average molecular weight is 454 g/mol. The third-order valence-electron chi connectivity index (χ3n) is 3.52. The summed E-state index contributed by atoms with van der Waals surface area (Å²) in [6, 6.07) is 4.24. The van der Waals surface area contributed by atoms with Gasteiger partial charge in [0.05, 0.1) is 11.4 Å². The van der Waals surface area contributed by atoms with Crippen molar-refractivity contribution in [2.24, 2.45) is 0 Å². The maximum absolute atomic E-state index is 12.3. The highest BCUT2D eigenvalue weighted by atomic mass is 35.5. The summed E-state index contributed by atoms with van der Waals surface area (Å²) in [5.41, 5.74) is 0.171. The Morgan fingerprint density at radius 3 is 2.29 bits per heavy atom. The van der Waals surface area contributed by atoms with Crippen molar-refractivity contribution >= 4 is 39.0 Å². The van der Waals surface area contributed by atoms with E-state index in [1.54, 1.807) is 0 Å². The minimum atomic E-state index is -3.61. The van der Waals surface area contributed by atoms with E-state index in [9.17, 15) is 13.2 Å². The highest BCUT2D eigenvalue weighted by Gasteiger charge is 2.35. The van der Waals surface area contributed by atoms with Crippen LogP contribution in [0.5, 0.6) is 0 Å². The molecule has 1 aromatic carbocycles. The third-order valence-corrected chi connectivity index (χ3v) is 5.93. The predicted molar refractivity (Wildman–Crippen MR) is 114 cm³/mol. The number of alkyl halides is 1. The Morgan fingerprint density at radius 1 is 1.21 bits per heavy atom. The number of ether oxygens (including phenoxy) is 2. The van der Waals surface area contributed by atoms with Crippen LogP contribution in [0.3, 0.4) is 0 Å². The van der Waals surface area contributed by atoms with Gasteiger partial charge < -0.3 is 9.47 Å². The number of ketones is 1. The molecule has 1 aromatic rings. The molecule has 0 saturated carbocycles. The lowest BCUT2D eigenvalue weighted by Gasteiger charge is -2.27. The zero-order valence-electron chi connectivity index (χ0n) is 16.6. The van der Waals surface area contributed by atoms with Gasteiger partial charge in [-0.05, 0) is 45.4 Å². The lowest BCUT2D eigenvalue weighted by Crippen LogP contribution is -2.41. The largest absolute Gasteiger partial charge is 0.353 e. The van der Waals surface area contributed by atoms with E-state index in [0.29, 0.717) is 17.3 Å². The molecule has 9 heteroatoms. The normalized spacial score (nSPS) is 15.1. The van der Waals surface area contributed by atoms with Crippen LogP contribution in [-0.2, 0) is 19.5 Å². The number of hydrogen-bond donors (Lipinski definition) is 0. The second-order valence-electron chi connectivity index (χ2n) is 5.42. The van der Waals surface area contributed by atoms with Crippen molar-refractivity contribution < 1.29 is 22.7 Å². The molecule has 2 rings (SSSR count). The quantitative estimate of drug-likeness (QED) is 0.348. The molecule has 28 heavy (non-hydrogen) atoms. The van der Waals surface area contributed by atoms with Gasteiger partial charge in [-0.2, -0.15) is 4.31 Å². The Hall–Kier alpha value is -0.960. The van der Waals surface area contributed by atoms with Crippen molar-refractivity contribution in [3.05, 3.63) is 41.9 Å². The van der Waals surface area contributed by atoms with Crippen LogP contribution in [0.4, 0.5) is 0 Å². The zero-order chi connectivity index (χ0) is 21.7. The van der Waals surface area contributed by atoms with Crippen LogP contribution in [0.1, 0.15) is 37.6 Å². The predicted octanol–water partition coefficient (Wildman–Crippen LogP) is 4.36. The molecule has 160 valence electrons. The maximum Gasteiger partial charge on any atom is 0.244 e. The zero-order valence-corrected chi connectivity index (χ0v) is 18.9. The van der Waals surface area contributed by atoms with Gasteiger partial charge in [-0.3, -0.25) is 4.79 Å². The molecule has 0 saturated heterocycles. The molecule has 1 aliphatic heterocycles. The summed E-state index contributed by atoms with van der Waals surface area (Å²) in [6.07, 6.45) is 0.474. The first-order valence-corrected chi connectivity index (χ1v) is 11.2. The summed E-state index contributed by atoms with van der Waals surface area (Å²) in [5, 5.41) is 0.353. The molecule has 0 bridgehead atoms. The molecular weight excluding hydrogens is 425 g/mol. The van der Waals surface area contributed by atoms with E-state index in [1.165, 1.54) is 18.2 Å². The molecule has 0 atom stereocenters. The first kappa shape index (κ1) is 27.0. The monoisotopic (exact) mass is 453 g/mol. The second-order valence-corrected chi connectivity index (χ2v) is 8.14. The van der Waals surface area contributed by atoms with Crippen LogP contribution in [0.25, 0.3) is 0 Å². The van der Waals surface area contributed by atoms with Gasteiger partial charge in [0.25, 0.3) is 0 Å². The van der Waals surface area contributed by atoms with E-state index in [2.05, 4.69) is 13.2 Å². The minimum absolute atomic E-state index is 0.0257. The van der Waals surface area contributed by atoms with Gasteiger partial charge >= 0.3 is 0 Å². The lowest BCUT2D eigenvalue weighted by atomic mass is 10.1. The Labute approximate surface area is 178 Å². The summed E-state index contributed by atoms with van der Waals surface area (Å²) >= 11 is 11.3. The van der Waals surface area contributed by atoms with Gasteiger partial charge in [-0.15, -0.1) is 24.8 Å². The van der Waals surface area contributed by atoms with E-state index < -0.39 is 10.0 Å². The molecule has 0 fully saturated rings. The Bertz CT molecular complexity index is 706. The molecule has 6 nitrogen and oxygen atoms in total. The Morgan fingerprint density at radius 2 is 1.79 bits per heavy atom. The number of fused-ring (bicyclic) bond motifs is 1. The molecule has 0 radical (unpaired) electrons. The van der Waals surface area contributed by atoms with Gasteiger partial charge in [-0.1, -0.05) is 11.6 Å². The van der Waals surface area contributed by atoms with Crippen molar-refractivity contribution in [2.45, 2.75) is 38.4 Å². The summed E-state index contributed by atoms with van der Waals surface area (Å²) < 4.78 is 35.8. The first-order valence-electron chi connectivity index (χ1n) is 8.89. The minimum Gasteiger partial charge on any atom is -0.353 e. The van der Waals surface area contributed by atoms with Gasteiger partial charge in [0.15, 0.2) is 12.1 Å². The van der Waals surface area contributed by atoms with E-state index >= 15 is 0 Å². The van der Waals surface area contributed by atoms with E-state index in [4.69, 9.17) is 32.7 Å². The molecule has 1 aliphatic rings. The second kappa shape index (κ2) is 14.1. The summed E-state index contributed by atoms with van der Waals surface area (Å²) in [4.78, 5) is 11.9. The molecule has 0 N–H and O–H groups in total. The van der Waals surface area contributed by atoms with Crippen LogP contribution in [0, 0.1) is 0 Å². The molecular formula is C19H29Cl2NO5S. The smallest absolute Gasteiger partial charge is 0.244 e. The summed E-state index contributed by atoms with van der Waals surface area (Å²) in [6.45, 7) is 13.4. The van der Waals surface area contributed by atoms with Crippen molar-refractivity contribution in [1.82, 2.24) is 4.31 Å². The number of nitrogens with zero attached hydrogens (tertiary/aromatic N) is 1. The molecule has 0 aromatic heterocycles. The Kier molecular flexibility index (Phi) is 13.6. The van der Waals surface area contributed by atoms with Crippen molar-refractivity contribution in [1.29, 1.82) is 0 Å². The SMILES string of the molecule is C=C.CCOC(C)OCC.O=C1CN(CCCCl)S(=O)(=O)c2ccc(Cl)cc21. The fourth-order valence-corrected chi connectivity index (χ4v) is 4.28. The number of hydrogen-bond acceptors (Lipinski definition) is 5.